The zero-order valence-corrected chi connectivity index (χ0v) is 15.8. The number of carboxylic acid groups (broad SMARTS) is 1. The van der Waals surface area contributed by atoms with Crippen LogP contribution in [0.25, 0.3) is 10.8 Å². The van der Waals surface area contributed by atoms with Gasteiger partial charge in [-0.15, -0.1) is 11.3 Å². The summed E-state index contributed by atoms with van der Waals surface area (Å²) in [6.07, 6.45) is -0.251. The molecule has 0 aliphatic rings. The molecule has 0 saturated heterocycles. The number of hydrogen-bond donors (Lipinski definition) is 2. The van der Waals surface area contributed by atoms with Gasteiger partial charge in [0.25, 0.3) is 10.0 Å². The van der Waals surface area contributed by atoms with Crippen molar-refractivity contribution < 1.29 is 18.3 Å². The van der Waals surface area contributed by atoms with Crippen LogP contribution in [-0.2, 0) is 21.2 Å². The second kappa shape index (κ2) is 6.93. The minimum absolute atomic E-state index is 0.141. The quantitative estimate of drug-likeness (QED) is 0.670. The van der Waals surface area contributed by atoms with Gasteiger partial charge < -0.3 is 10.0 Å². The molecule has 7 nitrogen and oxygen atoms in total. The molecular weight excluding hydrogens is 374 g/mol. The number of thiazole rings is 1. The minimum Gasteiger partial charge on any atom is -0.481 e. The average Bonchev–Trinajstić information content (AvgIpc) is 2.98. The maximum Gasteiger partial charge on any atom is 0.309 e. The minimum atomic E-state index is -3.87. The molecule has 0 spiro atoms. The van der Waals surface area contributed by atoms with E-state index in [0.29, 0.717) is 11.1 Å². The van der Waals surface area contributed by atoms with E-state index in [1.165, 1.54) is 11.4 Å². The summed E-state index contributed by atoms with van der Waals surface area (Å²) in [5, 5.41) is 11.9. The zero-order valence-electron chi connectivity index (χ0n) is 14.1. The first-order valence-corrected chi connectivity index (χ1v) is 10.0. The summed E-state index contributed by atoms with van der Waals surface area (Å²) < 4.78 is 28.1. The largest absolute Gasteiger partial charge is 0.481 e. The zero-order chi connectivity index (χ0) is 18.9. The summed E-state index contributed by atoms with van der Waals surface area (Å²) in [6, 6.07) is 10.6. The Bertz CT molecular complexity index is 1070. The summed E-state index contributed by atoms with van der Waals surface area (Å²) in [5.74, 6) is -1.02. The van der Waals surface area contributed by atoms with E-state index in [9.17, 15) is 13.2 Å². The van der Waals surface area contributed by atoms with Crippen LogP contribution in [-0.4, -0.2) is 38.6 Å². The van der Waals surface area contributed by atoms with Gasteiger partial charge in [0.05, 0.1) is 17.0 Å². The number of aliphatic carboxylic acids is 1. The van der Waals surface area contributed by atoms with Crippen LogP contribution in [0.3, 0.4) is 0 Å². The number of carbonyl (C=O) groups is 1. The predicted molar refractivity (Wildman–Crippen MR) is 103 cm³/mol. The third-order valence-corrected chi connectivity index (χ3v) is 6.07. The third-order valence-electron chi connectivity index (χ3n) is 3.74. The van der Waals surface area contributed by atoms with Gasteiger partial charge >= 0.3 is 5.97 Å². The van der Waals surface area contributed by atoms with Gasteiger partial charge in [-0.1, -0.05) is 24.3 Å². The molecule has 3 aromatic rings. The lowest BCUT2D eigenvalue weighted by molar-refractivity contribution is -0.136. The molecule has 0 radical (unpaired) electrons. The van der Waals surface area contributed by atoms with E-state index in [0.717, 1.165) is 22.4 Å². The van der Waals surface area contributed by atoms with Crippen molar-refractivity contribution in [2.24, 2.45) is 0 Å². The molecule has 1 heterocycles. The van der Waals surface area contributed by atoms with Gasteiger partial charge in [0.1, 0.15) is 0 Å². The van der Waals surface area contributed by atoms with Crippen LogP contribution in [0.2, 0.25) is 0 Å². The van der Waals surface area contributed by atoms with Crippen molar-refractivity contribution in [1.82, 2.24) is 4.98 Å². The lowest BCUT2D eigenvalue weighted by Gasteiger charge is -2.17. The first-order valence-electron chi connectivity index (χ1n) is 7.66. The lowest BCUT2D eigenvalue weighted by atomic mass is 10.1. The topological polar surface area (TPSA) is 99.6 Å². The average molecular weight is 391 g/mol. The molecule has 136 valence electrons. The van der Waals surface area contributed by atoms with E-state index in [4.69, 9.17) is 5.11 Å². The maximum absolute atomic E-state index is 12.9. The van der Waals surface area contributed by atoms with Crippen LogP contribution < -0.4 is 9.62 Å². The molecule has 0 unspecified atom stereocenters. The molecule has 1 aromatic heterocycles. The molecule has 0 bridgehead atoms. The fraction of sp³-hybridized carbons (Fsp3) is 0.176. The van der Waals surface area contributed by atoms with Gasteiger partial charge in [0, 0.05) is 35.9 Å². The summed E-state index contributed by atoms with van der Waals surface area (Å²) in [7, 11) is -0.0724. The summed E-state index contributed by atoms with van der Waals surface area (Å²) in [5.41, 5.74) is 1.23. The van der Waals surface area contributed by atoms with Crippen LogP contribution in [0.15, 0.2) is 46.7 Å². The van der Waals surface area contributed by atoms with E-state index < -0.39 is 16.0 Å². The Morgan fingerprint density at radius 3 is 2.58 bits per heavy atom. The molecule has 0 saturated carbocycles. The molecule has 0 aliphatic carbocycles. The smallest absolute Gasteiger partial charge is 0.309 e. The third kappa shape index (κ3) is 3.63. The Hall–Kier alpha value is -2.65. The number of rotatable bonds is 6. The number of anilines is 2. The SMILES string of the molecule is CN(C)c1cccc2c(S(=O)(=O)Nc3nc(CC(=O)O)cs3)cccc12. The highest BCUT2D eigenvalue weighted by molar-refractivity contribution is 7.93. The molecule has 3 rings (SSSR count). The summed E-state index contributed by atoms with van der Waals surface area (Å²) in [4.78, 5) is 16.8. The van der Waals surface area contributed by atoms with Crippen LogP contribution in [0.1, 0.15) is 5.69 Å². The molecule has 0 aliphatic heterocycles. The van der Waals surface area contributed by atoms with Gasteiger partial charge in [-0.05, 0) is 12.1 Å². The van der Waals surface area contributed by atoms with Crippen LogP contribution >= 0.6 is 11.3 Å². The van der Waals surface area contributed by atoms with Gasteiger partial charge in [-0.2, -0.15) is 0 Å². The van der Waals surface area contributed by atoms with E-state index in [-0.39, 0.29) is 16.4 Å². The van der Waals surface area contributed by atoms with Crippen molar-refractivity contribution in [1.29, 1.82) is 0 Å². The number of aromatic nitrogens is 1. The van der Waals surface area contributed by atoms with Crippen LogP contribution in [0, 0.1) is 0 Å². The molecule has 0 atom stereocenters. The number of hydrogen-bond acceptors (Lipinski definition) is 6. The Morgan fingerprint density at radius 2 is 1.88 bits per heavy atom. The first kappa shape index (κ1) is 18.2. The number of benzene rings is 2. The van der Waals surface area contributed by atoms with Gasteiger partial charge in [-0.25, -0.2) is 13.4 Å². The molecule has 2 N–H and O–H groups in total. The summed E-state index contributed by atoms with van der Waals surface area (Å²) in [6.45, 7) is 0. The highest BCUT2D eigenvalue weighted by Crippen LogP contribution is 2.31. The fourth-order valence-corrected chi connectivity index (χ4v) is 4.83. The number of fused-ring (bicyclic) bond motifs is 1. The molecule has 0 fully saturated rings. The number of nitrogens with one attached hydrogen (secondary N) is 1. The standard InChI is InChI=1S/C17H17N3O4S2/c1-20(2)14-7-3-6-13-12(14)5-4-8-15(13)26(23,24)19-17-18-11(10-25-17)9-16(21)22/h3-8,10H,9H2,1-2H3,(H,18,19)(H,21,22). The highest BCUT2D eigenvalue weighted by Gasteiger charge is 2.20. The maximum atomic E-state index is 12.9. The number of carboxylic acids is 1. The van der Waals surface area contributed by atoms with Crippen molar-refractivity contribution in [3.05, 3.63) is 47.5 Å². The number of sulfonamides is 1. The number of nitrogens with zero attached hydrogens (tertiary/aromatic N) is 2. The van der Waals surface area contributed by atoms with Crippen molar-refractivity contribution >= 4 is 48.9 Å². The molecule has 0 amide bonds. The molecule has 9 heteroatoms. The highest BCUT2D eigenvalue weighted by atomic mass is 32.2. The van der Waals surface area contributed by atoms with E-state index in [2.05, 4.69) is 9.71 Å². The van der Waals surface area contributed by atoms with Crippen LogP contribution in [0.4, 0.5) is 10.8 Å². The Balaban J connectivity index is 2.01. The van der Waals surface area contributed by atoms with Crippen LogP contribution in [0.5, 0.6) is 0 Å². The summed E-state index contributed by atoms with van der Waals surface area (Å²) >= 11 is 1.05. The Morgan fingerprint density at radius 1 is 1.19 bits per heavy atom. The Labute approximate surface area is 155 Å². The van der Waals surface area contributed by atoms with Crippen molar-refractivity contribution in [2.45, 2.75) is 11.3 Å². The van der Waals surface area contributed by atoms with Crippen molar-refractivity contribution in [3.63, 3.8) is 0 Å². The van der Waals surface area contributed by atoms with E-state index in [1.807, 2.05) is 37.2 Å². The van der Waals surface area contributed by atoms with Gasteiger partial charge in [0.15, 0.2) is 5.13 Å². The van der Waals surface area contributed by atoms with Crippen molar-refractivity contribution in [3.8, 4) is 0 Å². The lowest BCUT2D eigenvalue weighted by Crippen LogP contribution is -2.14. The second-order valence-corrected chi connectivity index (χ2v) is 8.35. The normalized spacial score (nSPS) is 11.5. The Kier molecular flexibility index (Phi) is 4.84. The molecular formula is C17H17N3O4S2. The monoisotopic (exact) mass is 391 g/mol. The molecule has 2 aromatic carbocycles. The first-order chi connectivity index (χ1) is 12.3. The van der Waals surface area contributed by atoms with E-state index >= 15 is 0 Å². The van der Waals surface area contributed by atoms with E-state index in [1.54, 1.807) is 12.1 Å². The predicted octanol–water partition coefficient (Wildman–Crippen LogP) is 2.79. The second-order valence-electron chi connectivity index (χ2n) is 5.84. The molecule has 26 heavy (non-hydrogen) atoms. The fourth-order valence-electron chi connectivity index (χ4n) is 2.65. The van der Waals surface area contributed by atoms with Gasteiger partial charge in [0.2, 0.25) is 0 Å². The van der Waals surface area contributed by atoms with Gasteiger partial charge in [-0.3, -0.25) is 9.52 Å². The van der Waals surface area contributed by atoms with Crippen molar-refractivity contribution in [2.75, 3.05) is 23.7 Å².